The Bertz CT molecular complexity index is 1610. The molecule has 43 heavy (non-hydrogen) atoms. The summed E-state index contributed by atoms with van der Waals surface area (Å²) in [5.74, 6) is -0.239. The molecule has 1 saturated heterocycles. The van der Waals surface area contributed by atoms with Crippen LogP contribution in [-0.2, 0) is 4.79 Å². The van der Waals surface area contributed by atoms with Gasteiger partial charge in [0.15, 0.2) is 5.11 Å². The number of hydrogen-bond acceptors (Lipinski definition) is 4. The third-order valence-electron chi connectivity index (χ3n) is 8.14. The summed E-state index contributed by atoms with van der Waals surface area (Å²) in [6.07, 6.45) is 1.81. The van der Waals surface area contributed by atoms with Crippen LogP contribution in [0.5, 0.6) is 0 Å². The second kappa shape index (κ2) is 12.8. The first-order valence-corrected chi connectivity index (χ1v) is 15.6. The number of aryl methyl sites for hydroxylation is 1. The predicted octanol–water partition coefficient (Wildman–Crippen LogP) is 7.76. The van der Waals surface area contributed by atoms with E-state index in [1.807, 2.05) is 56.4 Å². The van der Waals surface area contributed by atoms with Crippen LogP contribution in [0.4, 0.5) is 17.1 Å². The summed E-state index contributed by atoms with van der Waals surface area (Å²) in [5.41, 5.74) is 8.04. The first-order chi connectivity index (χ1) is 20.6. The van der Waals surface area contributed by atoms with Crippen LogP contribution >= 0.6 is 23.8 Å². The molecule has 1 amide bonds. The molecule has 2 N–H and O–H groups in total. The lowest BCUT2D eigenvalue weighted by molar-refractivity contribution is -0.118. The number of carbonyl (C=O) groups excluding carboxylic acids is 1. The number of nitrogens with zero attached hydrogens (tertiary/aromatic N) is 4. The molecular weight excluding hydrogens is 576 g/mol. The summed E-state index contributed by atoms with van der Waals surface area (Å²) >= 11 is 12.7. The Morgan fingerprint density at radius 1 is 1.05 bits per heavy atom. The Morgan fingerprint density at radius 2 is 1.74 bits per heavy atom. The fourth-order valence-electron chi connectivity index (χ4n) is 5.87. The molecule has 2 atom stereocenters. The molecule has 9 heteroatoms. The average Bonchev–Trinajstić information content (AvgIpc) is 3.50. The van der Waals surface area contributed by atoms with Gasteiger partial charge >= 0.3 is 0 Å². The van der Waals surface area contributed by atoms with Gasteiger partial charge in [0.2, 0.25) is 5.91 Å². The minimum absolute atomic E-state index is 0.0846. The number of benzene rings is 2. The van der Waals surface area contributed by atoms with Gasteiger partial charge in [-0.25, -0.2) is 0 Å². The largest absolute Gasteiger partial charge is 0.372 e. The second-order valence-corrected chi connectivity index (χ2v) is 11.9. The van der Waals surface area contributed by atoms with Crippen LogP contribution in [0.25, 0.3) is 5.69 Å². The number of carbonyl (C=O) groups is 1. The van der Waals surface area contributed by atoms with Gasteiger partial charge in [-0.3, -0.25) is 9.78 Å². The maximum absolute atomic E-state index is 12.3. The molecule has 1 aliphatic heterocycles. The molecule has 0 bridgehead atoms. The van der Waals surface area contributed by atoms with E-state index >= 15 is 0 Å². The van der Waals surface area contributed by atoms with Crippen LogP contribution in [0, 0.1) is 19.8 Å². The molecule has 4 aromatic rings. The van der Waals surface area contributed by atoms with Crippen molar-refractivity contribution in [1.82, 2.24) is 14.9 Å². The van der Waals surface area contributed by atoms with Gasteiger partial charge in [0.05, 0.1) is 28.5 Å². The van der Waals surface area contributed by atoms with E-state index in [1.54, 1.807) is 0 Å². The van der Waals surface area contributed by atoms with Crippen molar-refractivity contribution >= 4 is 51.9 Å². The molecule has 7 nitrogen and oxygen atoms in total. The molecule has 5 rings (SSSR count). The molecule has 1 fully saturated rings. The molecule has 0 spiro atoms. The number of halogens is 1. The van der Waals surface area contributed by atoms with Crippen LogP contribution in [-0.4, -0.2) is 33.7 Å². The summed E-state index contributed by atoms with van der Waals surface area (Å²) in [6.45, 7) is 14.3. The molecule has 3 heterocycles. The van der Waals surface area contributed by atoms with Crippen molar-refractivity contribution in [1.29, 1.82) is 0 Å². The Hall–Kier alpha value is -3.88. The zero-order valence-electron chi connectivity index (χ0n) is 25.6. The molecule has 0 aliphatic carbocycles. The Labute approximate surface area is 264 Å². The zero-order chi connectivity index (χ0) is 30.8. The third-order valence-corrected chi connectivity index (χ3v) is 8.76. The predicted molar refractivity (Wildman–Crippen MR) is 182 cm³/mol. The van der Waals surface area contributed by atoms with Crippen molar-refractivity contribution in [3.8, 4) is 5.69 Å². The van der Waals surface area contributed by atoms with Crippen molar-refractivity contribution in [2.75, 3.05) is 28.2 Å². The molecule has 0 saturated carbocycles. The van der Waals surface area contributed by atoms with E-state index in [2.05, 4.69) is 83.0 Å². The zero-order valence-corrected chi connectivity index (χ0v) is 27.1. The molecular formula is C34H39ClN6OS. The van der Waals surface area contributed by atoms with Crippen molar-refractivity contribution in [3.05, 3.63) is 101 Å². The highest BCUT2D eigenvalue weighted by molar-refractivity contribution is 7.80. The number of amides is 1. The standard InChI is InChI=1S/C34H39ClN6OS/c1-7-39(8-2)24-12-14-25(15-13-24)40-22(5)19-27(23(40)6)32-31(30-11-9-10-18-36-30)38-34(43)41(32)26-16-17-29(28(35)20-26)37-33(42)21(3)4/h9-21,31-32H,7-8H2,1-6H3,(H,37,42)(H,38,43)/t31-,32+/m1/s1. The summed E-state index contributed by atoms with van der Waals surface area (Å²) in [5, 5.41) is 7.50. The topological polar surface area (TPSA) is 65.4 Å². The SMILES string of the molecule is CCN(CC)c1ccc(-n2c(C)cc([C@H]3[C@@H](c4ccccn4)NC(=S)N3c3ccc(NC(=O)C(C)C)c(Cl)c3)c2C)cc1. The molecule has 0 unspecified atom stereocenters. The van der Waals surface area contributed by atoms with Gasteiger partial charge in [-0.2, -0.15) is 0 Å². The van der Waals surface area contributed by atoms with Gasteiger partial charge < -0.3 is 25.0 Å². The normalized spacial score (nSPS) is 16.5. The quantitative estimate of drug-likeness (QED) is 0.188. The number of anilines is 3. The number of pyridine rings is 1. The smallest absolute Gasteiger partial charge is 0.226 e. The maximum Gasteiger partial charge on any atom is 0.226 e. The van der Waals surface area contributed by atoms with E-state index < -0.39 is 0 Å². The minimum Gasteiger partial charge on any atom is -0.372 e. The summed E-state index contributed by atoms with van der Waals surface area (Å²) < 4.78 is 2.30. The number of rotatable bonds is 9. The highest BCUT2D eigenvalue weighted by Crippen LogP contribution is 2.44. The van der Waals surface area contributed by atoms with Gasteiger partial charge in [-0.15, -0.1) is 0 Å². The Balaban J connectivity index is 1.58. The maximum atomic E-state index is 12.3. The summed E-state index contributed by atoms with van der Waals surface area (Å²) in [4.78, 5) is 21.5. The van der Waals surface area contributed by atoms with Crippen molar-refractivity contribution in [2.24, 2.45) is 5.92 Å². The van der Waals surface area contributed by atoms with E-state index in [0.717, 1.165) is 47.1 Å². The first kappa shape index (κ1) is 30.6. The lowest BCUT2D eigenvalue weighted by Crippen LogP contribution is -2.29. The third kappa shape index (κ3) is 5.99. The fourth-order valence-corrected chi connectivity index (χ4v) is 6.43. The van der Waals surface area contributed by atoms with Crippen LogP contribution in [0.3, 0.4) is 0 Å². The average molecular weight is 615 g/mol. The van der Waals surface area contributed by atoms with Gasteiger partial charge in [0.1, 0.15) is 0 Å². The van der Waals surface area contributed by atoms with E-state index in [-0.39, 0.29) is 23.9 Å². The Kier molecular flexibility index (Phi) is 9.08. The number of thiocarbonyl (C=S) groups is 1. The molecule has 224 valence electrons. The van der Waals surface area contributed by atoms with Crippen LogP contribution in [0.2, 0.25) is 5.02 Å². The monoisotopic (exact) mass is 614 g/mol. The van der Waals surface area contributed by atoms with Crippen LogP contribution in [0.1, 0.15) is 62.4 Å². The van der Waals surface area contributed by atoms with Crippen molar-refractivity contribution < 1.29 is 4.79 Å². The van der Waals surface area contributed by atoms with Gasteiger partial charge in [0, 0.05) is 53.7 Å². The number of hydrogen-bond donors (Lipinski definition) is 2. The van der Waals surface area contributed by atoms with Crippen LogP contribution in [0.15, 0.2) is 72.9 Å². The van der Waals surface area contributed by atoms with Crippen molar-refractivity contribution in [3.63, 3.8) is 0 Å². The first-order valence-electron chi connectivity index (χ1n) is 14.8. The number of aromatic nitrogens is 2. The van der Waals surface area contributed by atoms with Crippen LogP contribution < -0.4 is 20.4 Å². The minimum atomic E-state index is -0.190. The Morgan fingerprint density at radius 3 is 2.35 bits per heavy atom. The molecule has 2 aromatic carbocycles. The lowest BCUT2D eigenvalue weighted by Gasteiger charge is -2.28. The fraction of sp³-hybridized carbons (Fsp3) is 0.324. The highest BCUT2D eigenvalue weighted by atomic mass is 35.5. The van der Waals surface area contributed by atoms with E-state index in [4.69, 9.17) is 28.8 Å². The van der Waals surface area contributed by atoms with Crippen molar-refractivity contribution in [2.45, 2.75) is 53.6 Å². The number of nitrogens with one attached hydrogen (secondary N) is 2. The van der Waals surface area contributed by atoms with Gasteiger partial charge in [-0.1, -0.05) is 31.5 Å². The lowest BCUT2D eigenvalue weighted by atomic mass is 9.96. The van der Waals surface area contributed by atoms with Gasteiger partial charge in [0.25, 0.3) is 0 Å². The summed E-state index contributed by atoms with van der Waals surface area (Å²) in [7, 11) is 0. The molecule has 2 aromatic heterocycles. The van der Waals surface area contributed by atoms with E-state index in [1.165, 1.54) is 5.69 Å². The summed E-state index contributed by atoms with van der Waals surface area (Å²) in [6, 6.07) is 22.2. The highest BCUT2D eigenvalue weighted by Gasteiger charge is 2.42. The van der Waals surface area contributed by atoms with E-state index in [0.29, 0.717) is 15.8 Å². The van der Waals surface area contributed by atoms with E-state index in [9.17, 15) is 4.79 Å². The molecule has 1 aliphatic rings. The molecule has 0 radical (unpaired) electrons. The van der Waals surface area contributed by atoms with Gasteiger partial charge in [-0.05, 0) is 106 Å². The second-order valence-electron chi connectivity index (χ2n) is 11.2.